The Bertz CT molecular complexity index is 846. The van der Waals surface area contributed by atoms with E-state index in [9.17, 15) is 13.2 Å². The van der Waals surface area contributed by atoms with Gasteiger partial charge in [-0.1, -0.05) is 0 Å². The van der Waals surface area contributed by atoms with Crippen LogP contribution in [0.25, 0.3) is 0 Å². The molecule has 0 saturated carbocycles. The number of anilines is 1. The van der Waals surface area contributed by atoms with Crippen molar-refractivity contribution in [1.29, 1.82) is 0 Å². The summed E-state index contributed by atoms with van der Waals surface area (Å²) in [6.45, 7) is 8.18. The van der Waals surface area contributed by atoms with Crippen LogP contribution in [0, 0.1) is 0 Å². The van der Waals surface area contributed by atoms with E-state index in [2.05, 4.69) is 29.0 Å². The van der Waals surface area contributed by atoms with Gasteiger partial charge >= 0.3 is 0 Å². The molecule has 0 atom stereocenters. The van der Waals surface area contributed by atoms with Crippen LogP contribution in [-0.2, 0) is 10.0 Å². The molecule has 0 unspecified atom stereocenters. The van der Waals surface area contributed by atoms with Gasteiger partial charge in [-0.2, -0.15) is 0 Å². The van der Waals surface area contributed by atoms with E-state index < -0.39 is 15.9 Å². The topological polar surface area (TPSA) is 87.7 Å². The lowest BCUT2D eigenvalue weighted by atomic mass is 10.2. The lowest BCUT2D eigenvalue weighted by molar-refractivity contribution is 0.0945. The largest absolute Gasteiger partial charge is 0.494 e. The van der Waals surface area contributed by atoms with Gasteiger partial charge in [-0.05, 0) is 69.3 Å². The van der Waals surface area contributed by atoms with Crippen molar-refractivity contribution in [2.24, 2.45) is 0 Å². The van der Waals surface area contributed by atoms with Gasteiger partial charge in [0.15, 0.2) is 0 Å². The summed E-state index contributed by atoms with van der Waals surface area (Å²) in [7, 11) is -3.87. The fourth-order valence-electron chi connectivity index (χ4n) is 2.54. The molecule has 2 aromatic rings. The summed E-state index contributed by atoms with van der Waals surface area (Å²) >= 11 is 0. The minimum atomic E-state index is -3.87. The zero-order valence-electron chi connectivity index (χ0n) is 15.7. The monoisotopic (exact) mass is 391 g/mol. The Balaban J connectivity index is 2.01. The van der Waals surface area contributed by atoms with Crippen molar-refractivity contribution in [1.82, 2.24) is 10.3 Å². The maximum Gasteiger partial charge on any atom is 0.266 e. The Morgan fingerprint density at radius 3 is 2.07 bits per heavy atom. The van der Waals surface area contributed by atoms with Crippen LogP contribution in [0.3, 0.4) is 0 Å². The number of nitrogens with one attached hydrogen (secondary N) is 2. The number of carbonyl (C=O) groups excluding carboxylic acids is 1. The fraction of sp³-hybridized carbons (Fsp3) is 0.316. The number of hydrogen-bond donors (Lipinski definition) is 2. The summed E-state index contributed by atoms with van der Waals surface area (Å²) in [4.78, 5) is 16.5. The molecule has 2 N–H and O–H groups in total. The molecule has 7 nitrogen and oxygen atoms in total. The first-order valence-electron chi connectivity index (χ1n) is 8.81. The molecule has 8 heteroatoms. The average molecular weight is 391 g/mol. The number of hydrogen-bond acceptors (Lipinski definition) is 5. The highest BCUT2D eigenvalue weighted by molar-refractivity contribution is 7.89. The van der Waals surface area contributed by atoms with Gasteiger partial charge in [0.1, 0.15) is 5.75 Å². The molecule has 0 spiro atoms. The van der Waals surface area contributed by atoms with Gasteiger partial charge in [-0.15, -0.1) is 4.83 Å². The van der Waals surface area contributed by atoms with Gasteiger partial charge in [0, 0.05) is 24.3 Å². The SMILES string of the molecule is CCOc1ccc(S(=O)(=O)NNC(=O)c2ccc(N(CC)CC)cc2)cc1. The molecule has 0 radical (unpaired) electrons. The van der Waals surface area contributed by atoms with Gasteiger partial charge in [0.05, 0.1) is 11.5 Å². The van der Waals surface area contributed by atoms with E-state index in [-0.39, 0.29) is 4.90 Å². The van der Waals surface area contributed by atoms with Crippen molar-refractivity contribution in [3.05, 3.63) is 54.1 Å². The van der Waals surface area contributed by atoms with E-state index >= 15 is 0 Å². The predicted octanol–water partition coefficient (Wildman–Crippen LogP) is 2.55. The third-order valence-corrected chi connectivity index (χ3v) is 5.27. The molecule has 0 aliphatic carbocycles. The summed E-state index contributed by atoms with van der Waals surface area (Å²) < 4.78 is 29.9. The smallest absolute Gasteiger partial charge is 0.266 e. The Morgan fingerprint density at radius 2 is 1.56 bits per heavy atom. The van der Waals surface area contributed by atoms with Crippen LogP contribution >= 0.6 is 0 Å². The number of nitrogens with zero attached hydrogens (tertiary/aromatic N) is 1. The van der Waals surface area contributed by atoms with E-state index in [0.29, 0.717) is 17.9 Å². The summed E-state index contributed by atoms with van der Waals surface area (Å²) in [6, 6.07) is 12.9. The Labute approximate surface area is 160 Å². The van der Waals surface area contributed by atoms with Crippen LogP contribution in [0.15, 0.2) is 53.4 Å². The number of hydrazine groups is 1. The lowest BCUT2D eigenvalue weighted by Crippen LogP contribution is -2.41. The van der Waals surface area contributed by atoms with Gasteiger partial charge in [-0.25, -0.2) is 8.42 Å². The zero-order chi connectivity index (χ0) is 19.9. The molecule has 0 aliphatic rings. The highest BCUT2D eigenvalue weighted by Crippen LogP contribution is 2.16. The first-order valence-corrected chi connectivity index (χ1v) is 10.3. The van der Waals surface area contributed by atoms with Crippen molar-refractivity contribution in [3.63, 3.8) is 0 Å². The van der Waals surface area contributed by atoms with Gasteiger partial charge in [-0.3, -0.25) is 10.2 Å². The molecule has 27 heavy (non-hydrogen) atoms. The van der Waals surface area contributed by atoms with Crippen molar-refractivity contribution in [3.8, 4) is 5.75 Å². The van der Waals surface area contributed by atoms with Crippen molar-refractivity contribution in [2.75, 3.05) is 24.6 Å². The second-order valence-corrected chi connectivity index (χ2v) is 7.37. The molecule has 0 aliphatic heterocycles. The number of rotatable bonds is 9. The molecule has 2 rings (SSSR count). The number of ether oxygens (including phenoxy) is 1. The fourth-order valence-corrected chi connectivity index (χ4v) is 3.38. The molecule has 0 fully saturated rings. The molecule has 2 aromatic carbocycles. The maximum absolute atomic E-state index is 12.3. The standard InChI is InChI=1S/C19H25N3O4S/c1-4-22(5-2)16-9-7-15(8-10-16)19(23)20-21-27(24,25)18-13-11-17(12-14-18)26-6-3/h7-14,21H,4-6H2,1-3H3,(H,20,23). The number of benzene rings is 2. The quantitative estimate of drug-likeness (QED) is 0.642. The molecule has 0 bridgehead atoms. The normalized spacial score (nSPS) is 11.1. The van der Waals surface area contributed by atoms with Crippen LogP contribution in [0.2, 0.25) is 0 Å². The van der Waals surface area contributed by atoms with Crippen LogP contribution in [0.1, 0.15) is 31.1 Å². The third kappa shape index (κ3) is 5.45. The zero-order valence-corrected chi connectivity index (χ0v) is 16.5. The number of carbonyl (C=O) groups is 1. The van der Waals surface area contributed by atoms with Gasteiger partial charge in [0.2, 0.25) is 0 Å². The minimum Gasteiger partial charge on any atom is -0.494 e. The number of sulfonamides is 1. The van der Waals surface area contributed by atoms with Crippen LogP contribution < -0.4 is 19.9 Å². The van der Waals surface area contributed by atoms with Crippen molar-refractivity contribution >= 4 is 21.6 Å². The van der Waals surface area contributed by atoms with Gasteiger partial charge < -0.3 is 9.64 Å². The second kappa shape index (κ2) is 9.38. The molecule has 0 saturated heterocycles. The van der Waals surface area contributed by atoms with Crippen LogP contribution in [-0.4, -0.2) is 34.0 Å². The highest BCUT2D eigenvalue weighted by Gasteiger charge is 2.16. The van der Waals surface area contributed by atoms with E-state index in [1.807, 2.05) is 19.1 Å². The first kappa shape index (κ1) is 20.7. The van der Waals surface area contributed by atoms with Crippen LogP contribution in [0.5, 0.6) is 5.75 Å². The van der Waals surface area contributed by atoms with Crippen molar-refractivity contribution in [2.45, 2.75) is 25.7 Å². The Hall–Kier alpha value is -2.58. The molecule has 146 valence electrons. The van der Waals surface area contributed by atoms with E-state index in [4.69, 9.17) is 4.74 Å². The summed E-state index contributed by atoms with van der Waals surface area (Å²) in [6.07, 6.45) is 0. The second-order valence-electron chi connectivity index (χ2n) is 5.68. The van der Waals surface area contributed by atoms with Crippen LogP contribution in [0.4, 0.5) is 5.69 Å². The van der Waals surface area contributed by atoms with Gasteiger partial charge in [0.25, 0.3) is 15.9 Å². The van der Waals surface area contributed by atoms with E-state index in [0.717, 1.165) is 18.8 Å². The van der Waals surface area contributed by atoms with Crippen molar-refractivity contribution < 1.29 is 17.9 Å². The minimum absolute atomic E-state index is 0.0307. The summed E-state index contributed by atoms with van der Waals surface area (Å²) in [5.74, 6) is 0.0457. The molecule has 1 amide bonds. The molecule has 0 aromatic heterocycles. The maximum atomic E-state index is 12.3. The molecule has 0 heterocycles. The van der Waals surface area contributed by atoms with E-state index in [1.54, 1.807) is 24.3 Å². The summed E-state index contributed by atoms with van der Waals surface area (Å²) in [5.41, 5.74) is 3.60. The third-order valence-electron chi connectivity index (χ3n) is 4.00. The average Bonchev–Trinajstić information content (AvgIpc) is 2.68. The lowest BCUT2D eigenvalue weighted by Gasteiger charge is -2.21. The first-order chi connectivity index (χ1) is 12.9. The predicted molar refractivity (Wildman–Crippen MR) is 105 cm³/mol. The summed E-state index contributed by atoms with van der Waals surface area (Å²) in [5, 5.41) is 0. The highest BCUT2D eigenvalue weighted by atomic mass is 32.2. The number of amides is 1. The Kier molecular flexibility index (Phi) is 7.20. The Morgan fingerprint density at radius 1 is 0.963 bits per heavy atom. The molecular formula is C19H25N3O4S. The van der Waals surface area contributed by atoms with E-state index in [1.165, 1.54) is 12.1 Å². The molecular weight excluding hydrogens is 366 g/mol.